The molecule has 1 aromatic rings. The third-order valence-corrected chi connectivity index (χ3v) is 3.81. The molecule has 96 valence electrons. The van der Waals surface area contributed by atoms with Gasteiger partial charge in [-0.25, -0.2) is 4.39 Å². The fourth-order valence-corrected chi connectivity index (χ4v) is 2.72. The van der Waals surface area contributed by atoms with E-state index < -0.39 is 0 Å². The second-order valence-electron chi connectivity index (χ2n) is 4.97. The fraction of sp³-hybridized carbons (Fsp3) is 0.571. The van der Waals surface area contributed by atoms with Gasteiger partial charge in [-0.15, -0.1) is 0 Å². The lowest BCUT2D eigenvalue weighted by Crippen LogP contribution is -2.35. The Kier molecular flexibility index (Phi) is 5.60. The minimum atomic E-state index is -0.172. The van der Waals surface area contributed by atoms with Crippen LogP contribution in [-0.2, 0) is 6.42 Å². The summed E-state index contributed by atoms with van der Waals surface area (Å²) in [6.45, 7) is 6.61. The van der Waals surface area contributed by atoms with Crippen molar-refractivity contribution in [2.45, 2.75) is 33.2 Å². The van der Waals surface area contributed by atoms with E-state index in [2.05, 4.69) is 42.0 Å². The van der Waals surface area contributed by atoms with Crippen LogP contribution in [0.3, 0.4) is 0 Å². The highest BCUT2D eigenvalue weighted by Gasteiger charge is 2.20. The van der Waals surface area contributed by atoms with E-state index in [1.54, 1.807) is 6.07 Å². The predicted octanol–water partition coefficient (Wildman–Crippen LogP) is 4.01. The molecule has 0 aliphatic carbocycles. The van der Waals surface area contributed by atoms with Crippen LogP contribution in [0.15, 0.2) is 22.7 Å². The van der Waals surface area contributed by atoms with E-state index in [9.17, 15) is 4.39 Å². The largest absolute Gasteiger partial charge is 0.317 e. The van der Waals surface area contributed by atoms with Crippen LogP contribution >= 0.6 is 15.9 Å². The number of hydrogen-bond acceptors (Lipinski definition) is 1. The zero-order chi connectivity index (χ0) is 13.0. The van der Waals surface area contributed by atoms with Gasteiger partial charge in [-0.2, -0.15) is 0 Å². The minimum Gasteiger partial charge on any atom is -0.317 e. The fourth-order valence-electron chi connectivity index (χ4n) is 2.20. The summed E-state index contributed by atoms with van der Waals surface area (Å²) in [5.41, 5.74) is 1.05. The molecule has 1 nitrogen and oxygen atoms in total. The van der Waals surface area contributed by atoms with Crippen molar-refractivity contribution in [1.29, 1.82) is 0 Å². The molecule has 1 aromatic carbocycles. The Morgan fingerprint density at radius 3 is 2.35 bits per heavy atom. The van der Waals surface area contributed by atoms with Gasteiger partial charge in [-0.1, -0.05) is 29.8 Å². The van der Waals surface area contributed by atoms with E-state index in [1.165, 1.54) is 6.07 Å². The van der Waals surface area contributed by atoms with Crippen molar-refractivity contribution in [2.24, 2.45) is 11.8 Å². The molecule has 0 fully saturated rings. The number of hydrogen-bond donors (Lipinski definition) is 1. The van der Waals surface area contributed by atoms with Crippen molar-refractivity contribution in [3.8, 4) is 0 Å². The van der Waals surface area contributed by atoms with Gasteiger partial charge in [0.05, 0.1) is 0 Å². The highest BCUT2D eigenvalue weighted by molar-refractivity contribution is 9.10. The van der Waals surface area contributed by atoms with E-state index >= 15 is 0 Å². The molecule has 2 unspecified atom stereocenters. The van der Waals surface area contributed by atoms with Crippen LogP contribution in [0.2, 0.25) is 0 Å². The quantitative estimate of drug-likeness (QED) is 0.866. The molecule has 0 aliphatic heterocycles. The molecule has 0 amide bonds. The molecule has 0 aliphatic rings. The standard InChI is InChI=1S/C14H21BrFN/c1-9(2)14(10(3)17-4)7-11-5-12(15)8-13(16)6-11/h5-6,8-10,14,17H,7H2,1-4H3. The number of rotatable bonds is 5. The molecule has 0 bridgehead atoms. The summed E-state index contributed by atoms with van der Waals surface area (Å²) in [6, 6.07) is 5.55. The monoisotopic (exact) mass is 301 g/mol. The zero-order valence-corrected chi connectivity index (χ0v) is 12.5. The highest BCUT2D eigenvalue weighted by Crippen LogP contribution is 2.23. The smallest absolute Gasteiger partial charge is 0.124 e. The molecule has 3 heteroatoms. The van der Waals surface area contributed by atoms with Crippen molar-refractivity contribution in [2.75, 3.05) is 7.05 Å². The maximum atomic E-state index is 13.3. The molecule has 0 radical (unpaired) electrons. The van der Waals surface area contributed by atoms with Crippen LogP contribution in [-0.4, -0.2) is 13.1 Å². The number of halogens is 2. The lowest BCUT2D eigenvalue weighted by Gasteiger charge is -2.27. The van der Waals surface area contributed by atoms with Crippen LogP contribution < -0.4 is 5.32 Å². The van der Waals surface area contributed by atoms with Crippen molar-refractivity contribution in [3.63, 3.8) is 0 Å². The second-order valence-corrected chi connectivity index (χ2v) is 5.88. The van der Waals surface area contributed by atoms with Crippen molar-refractivity contribution >= 4 is 15.9 Å². The first-order valence-electron chi connectivity index (χ1n) is 6.06. The third kappa shape index (κ3) is 4.40. The highest BCUT2D eigenvalue weighted by atomic mass is 79.9. The Morgan fingerprint density at radius 2 is 1.88 bits per heavy atom. The van der Waals surface area contributed by atoms with Gasteiger partial charge in [0.25, 0.3) is 0 Å². The van der Waals surface area contributed by atoms with Crippen molar-refractivity contribution < 1.29 is 4.39 Å². The number of nitrogens with one attached hydrogen (secondary N) is 1. The molecule has 1 rings (SSSR count). The first kappa shape index (κ1) is 14.7. The molecule has 2 atom stereocenters. The van der Waals surface area contributed by atoms with Gasteiger partial charge in [0.2, 0.25) is 0 Å². The summed E-state index contributed by atoms with van der Waals surface area (Å²) < 4.78 is 14.1. The molecular formula is C14H21BrFN. The molecular weight excluding hydrogens is 281 g/mol. The third-order valence-electron chi connectivity index (χ3n) is 3.35. The molecule has 0 heterocycles. The minimum absolute atomic E-state index is 0.172. The van der Waals surface area contributed by atoms with E-state index in [1.807, 2.05) is 13.1 Å². The maximum absolute atomic E-state index is 13.3. The Balaban J connectivity index is 2.85. The first-order chi connectivity index (χ1) is 7.93. The van der Waals surface area contributed by atoms with Gasteiger partial charge >= 0.3 is 0 Å². The van der Waals surface area contributed by atoms with Gasteiger partial charge < -0.3 is 5.32 Å². The maximum Gasteiger partial charge on any atom is 0.124 e. The Labute approximate surface area is 112 Å². The van der Waals surface area contributed by atoms with Gasteiger partial charge in [0.15, 0.2) is 0 Å². The van der Waals surface area contributed by atoms with Gasteiger partial charge in [-0.05, 0) is 56.0 Å². The van der Waals surface area contributed by atoms with Gasteiger partial charge in [0, 0.05) is 10.5 Å². The van der Waals surface area contributed by atoms with Gasteiger partial charge in [0.1, 0.15) is 5.82 Å². The summed E-state index contributed by atoms with van der Waals surface area (Å²) in [7, 11) is 1.97. The van der Waals surface area contributed by atoms with Crippen LogP contribution in [0.4, 0.5) is 4.39 Å². The van der Waals surface area contributed by atoms with Crippen molar-refractivity contribution in [1.82, 2.24) is 5.32 Å². The van der Waals surface area contributed by atoms with Crippen molar-refractivity contribution in [3.05, 3.63) is 34.1 Å². The molecule has 17 heavy (non-hydrogen) atoms. The molecule has 0 saturated heterocycles. The van der Waals surface area contributed by atoms with E-state index in [0.29, 0.717) is 17.9 Å². The van der Waals surface area contributed by atoms with E-state index in [0.717, 1.165) is 16.5 Å². The van der Waals surface area contributed by atoms with E-state index in [4.69, 9.17) is 0 Å². The summed E-state index contributed by atoms with van der Waals surface area (Å²) in [6.07, 6.45) is 0.899. The van der Waals surface area contributed by atoms with Crippen LogP contribution in [0.25, 0.3) is 0 Å². The zero-order valence-electron chi connectivity index (χ0n) is 10.9. The lowest BCUT2D eigenvalue weighted by atomic mass is 9.84. The second kappa shape index (κ2) is 6.50. The SMILES string of the molecule is CNC(C)C(Cc1cc(F)cc(Br)c1)C(C)C. The lowest BCUT2D eigenvalue weighted by molar-refractivity contribution is 0.300. The Bertz CT molecular complexity index is 345. The number of benzene rings is 1. The van der Waals surface area contributed by atoms with Gasteiger partial charge in [-0.3, -0.25) is 0 Å². The molecule has 1 N–H and O–H groups in total. The van der Waals surface area contributed by atoms with Crippen LogP contribution in [0.1, 0.15) is 26.3 Å². The summed E-state index contributed by atoms with van der Waals surface area (Å²) in [5.74, 6) is 0.905. The summed E-state index contributed by atoms with van der Waals surface area (Å²) in [5, 5.41) is 3.29. The summed E-state index contributed by atoms with van der Waals surface area (Å²) in [4.78, 5) is 0. The summed E-state index contributed by atoms with van der Waals surface area (Å²) >= 11 is 3.34. The predicted molar refractivity (Wildman–Crippen MR) is 74.7 cm³/mol. The first-order valence-corrected chi connectivity index (χ1v) is 6.85. The average Bonchev–Trinajstić information content (AvgIpc) is 2.23. The van der Waals surface area contributed by atoms with E-state index in [-0.39, 0.29) is 5.82 Å². The normalized spacial score (nSPS) is 15.0. The topological polar surface area (TPSA) is 12.0 Å². The molecule has 0 spiro atoms. The average molecular weight is 302 g/mol. The molecule has 0 saturated carbocycles. The Hall–Kier alpha value is -0.410. The van der Waals surface area contributed by atoms with Crippen LogP contribution in [0, 0.1) is 17.7 Å². The van der Waals surface area contributed by atoms with Crippen LogP contribution in [0.5, 0.6) is 0 Å². The Morgan fingerprint density at radius 1 is 1.24 bits per heavy atom. The molecule has 0 aromatic heterocycles.